The van der Waals surface area contributed by atoms with Crippen LogP contribution >= 0.6 is 0 Å². The molecule has 2 saturated heterocycles. The average Bonchev–Trinajstić information content (AvgIpc) is 3.40. The molecule has 7 N–H and O–H groups in total. The predicted octanol–water partition coefficient (Wildman–Crippen LogP) is -0.552. The Morgan fingerprint density at radius 1 is 1.29 bits per heavy atom. The van der Waals surface area contributed by atoms with E-state index in [0.29, 0.717) is 42.1 Å². The average molecular weight is 472 g/mol. The number of phenolic OH excluding ortho intramolecular Hbond substituents is 1. The smallest absolute Gasteiger partial charge is 0.402 e. The topological polar surface area (TPSA) is 184 Å². The molecular weight excluding hydrogens is 444 g/mol. The van der Waals surface area contributed by atoms with Crippen molar-refractivity contribution in [1.82, 2.24) is 15.5 Å². The van der Waals surface area contributed by atoms with Gasteiger partial charge in [-0.3, -0.25) is 9.59 Å². The number of phenols is 1. The SMILES string of the molecule is COC12C(CO)C3=C(C(=O)C(C)=C(NCCc4ccc(O)cc4)C3=O)N1CC1NC12.NC(=O)O. The first kappa shape index (κ1) is 23.7. The number of nitrogens with one attached hydrogen (secondary N) is 2. The van der Waals surface area contributed by atoms with E-state index in [1.807, 2.05) is 17.0 Å². The Hall–Kier alpha value is -3.41. The number of hydrogen-bond acceptors (Lipinski definition) is 9. The lowest BCUT2D eigenvalue weighted by molar-refractivity contribution is -0.137. The molecule has 1 aromatic rings. The van der Waals surface area contributed by atoms with Crippen LogP contribution in [0.4, 0.5) is 4.79 Å². The Balaban J connectivity index is 0.000000636. The van der Waals surface area contributed by atoms with Crippen LogP contribution in [0.2, 0.25) is 0 Å². The fourth-order valence-corrected chi connectivity index (χ4v) is 5.35. The number of Topliss-reactive ketones (excluding diaryl/α,β-unsaturated/α-hetero) is 2. The maximum atomic E-state index is 13.5. The molecule has 3 heterocycles. The van der Waals surface area contributed by atoms with Crippen molar-refractivity contribution in [2.24, 2.45) is 11.7 Å². The number of fused-ring (bicyclic) bond motifs is 4. The van der Waals surface area contributed by atoms with Gasteiger partial charge in [0.25, 0.3) is 0 Å². The summed E-state index contributed by atoms with van der Waals surface area (Å²) in [7, 11) is 1.57. The van der Waals surface area contributed by atoms with E-state index in [9.17, 15) is 19.8 Å². The van der Waals surface area contributed by atoms with Gasteiger partial charge in [-0.15, -0.1) is 0 Å². The molecule has 4 atom stereocenters. The maximum Gasteiger partial charge on any atom is 0.402 e. The maximum absolute atomic E-state index is 13.5. The van der Waals surface area contributed by atoms with Crippen molar-refractivity contribution in [1.29, 1.82) is 0 Å². The lowest BCUT2D eigenvalue weighted by atomic mass is 9.82. The van der Waals surface area contributed by atoms with E-state index in [1.165, 1.54) is 0 Å². The van der Waals surface area contributed by atoms with Crippen molar-refractivity contribution in [3.8, 4) is 5.75 Å². The summed E-state index contributed by atoms with van der Waals surface area (Å²) in [6.45, 7) is 2.45. The minimum Gasteiger partial charge on any atom is -0.508 e. The molecule has 0 radical (unpaired) electrons. The summed E-state index contributed by atoms with van der Waals surface area (Å²) in [6.07, 6.45) is -0.699. The fourth-order valence-electron chi connectivity index (χ4n) is 5.35. The van der Waals surface area contributed by atoms with Crippen LogP contribution in [0.3, 0.4) is 0 Å². The van der Waals surface area contributed by atoms with E-state index < -0.39 is 17.7 Å². The van der Waals surface area contributed by atoms with Crippen molar-refractivity contribution in [2.75, 3.05) is 26.8 Å². The van der Waals surface area contributed by atoms with E-state index >= 15 is 0 Å². The molecule has 0 saturated carbocycles. The van der Waals surface area contributed by atoms with Gasteiger partial charge < -0.3 is 41.3 Å². The first-order chi connectivity index (χ1) is 16.2. The standard InChI is InChI=1S/C22H25N3O5.CH3NO2/c1-11-17(23-8-7-12-3-5-13(27)6-4-12)20(29)16-14(10-26)22(30-2)21-15(24-21)9-25(22)18(16)19(11)28;2-1(3)4/h3-6,14-15,21,23-24,26-27H,7-10H2,1-2H3;2H2,(H,3,4). The van der Waals surface area contributed by atoms with Crippen LogP contribution in [0.5, 0.6) is 5.75 Å². The Morgan fingerprint density at radius 2 is 1.94 bits per heavy atom. The molecule has 0 bridgehead atoms. The van der Waals surface area contributed by atoms with Gasteiger partial charge in [0.05, 0.1) is 30.0 Å². The van der Waals surface area contributed by atoms with Crippen LogP contribution < -0.4 is 16.4 Å². The molecule has 1 amide bonds. The summed E-state index contributed by atoms with van der Waals surface area (Å²) in [5.41, 5.74) is 5.57. The molecule has 182 valence electrons. The highest BCUT2D eigenvalue weighted by atomic mass is 16.5. The number of aliphatic hydroxyl groups is 1. The summed E-state index contributed by atoms with van der Waals surface area (Å²) in [5.74, 6) is -0.805. The zero-order valence-corrected chi connectivity index (χ0v) is 18.9. The van der Waals surface area contributed by atoms with Crippen LogP contribution in [0.1, 0.15) is 12.5 Å². The molecule has 0 spiro atoms. The lowest BCUT2D eigenvalue weighted by Gasteiger charge is -2.39. The summed E-state index contributed by atoms with van der Waals surface area (Å²) in [5, 5.41) is 33.3. The number of aromatic hydroxyl groups is 1. The highest BCUT2D eigenvalue weighted by molar-refractivity contribution is 6.25. The van der Waals surface area contributed by atoms with E-state index in [0.717, 1.165) is 5.56 Å². The van der Waals surface area contributed by atoms with E-state index in [2.05, 4.69) is 16.4 Å². The number of amides is 1. The number of carbonyl (C=O) groups excluding carboxylic acids is 2. The van der Waals surface area contributed by atoms with Crippen molar-refractivity contribution in [2.45, 2.75) is 31.2 Å². The molecular formula is C23H28N4O7. The fraction of sp³-hybridized carbons (Fsp3) is 0.435. The molecule has 4 aliphatic rings. The highest BCUT2D eigenvalue weighted by Crippen LogP contribution is 2.55. The second kappa shape index (κ2) is 8.75. The van der Waals surface area contributed by atoms with Crippen LogP contribution in [0, 0.1) is 5.92 Å². The first-order valence-electron chi connectivity index (χ1n) is 10.9. The molecule has 0 aromatic heterocycles. The first-order valence-corrected chi connectivity index (χ1v) is 10.9. The number of rotatable bonds is 6. The van der Waals surface area contributed by atoms with Gasteiger partial charge in [-0.1, -0.05) is 12.1 Å². The molecule has 1 aliphatic carbocycles. The third-order valence-electron chi connectivity index (χ3n) is 6.87. The number of piperazine rings is 1. The number of primary amides is 1. The number of nitrogens with zero attached hydrogens (tertiary/aromatic N) is 1. The molecule has 1 aromatic carbocycles. The van der Waals surface area contributed by atoms with Crippen LogP contribution in [-0.4, -0.2) is 82.5 Å². The number of carboxylic acid groups (broad SMARTS) is 1. The Morgan fingerprint density at radius 3 is 2.53 bits per heavy atom. The number of ether oxygens (including phenoxy) is 1. The number of ketones is 2. The number of methoxy groups -OCH3 is 1. The Kier molecular flexibility index (Phi) is 6.11. The lowest BCUT2D eigenvalue weighted by Crippen LogP contribution is -2.54. The van der Waals surface area contributed by atoms with Gasteiger partial charge in [0.1, 0.15) is 5.75 Å². The second-order valence-corrected chi connectivity index (χ2v) is 8.65. The molecule has 11 nitrogen and oxygen atoms in total. The molecule has 5 rings (SSSR count). The van der Waals surface area contributed by atoms with E-state index in [-0.39, 0.29) is 36.0 Å². The van der Waals surface area contributed by atoms with Crippen LogP contribution in [-0.2, 0) is 20.7 Å². The number of allylic oxidation sites excluding steroid dienone is 2. The van der Waals surface area contributed by atoms with Crippen molar-refractivity contribution in [3.05, 3.63) is 52.4 Å². The van der Waals surface area contributed by atoms with E-state index in [4.69, 9.17) is 14.6 Å². The van der Waals surface area contributed by atoms with Gasteiger partial charge in [0.2, 0.25) is 11.6 Å². The summed E-state index contributed by atoms with van der Waals surface area (Å²) in [6, 6.07) is 7.09. The third kappa shape index (κ3) is 3.61. The Bertz CT molecular complexity index is 1090. The minimum atomic E-state index is -1.33. The number of hydrogen-bond donors (Lipinski definition) is 6. The molecule has 11 heteroatoms. The zero-order valence-electron chi connectivity index (χ0n) is 18.9. The van der Waals surface area contributed by atoms with Gasteiger partial charge in [0, 0.05) is 37.4 Å². The van der Waals surface area contributed by atoms with Crippen LogP contribution in [0.25, 0.3) is 0 Å². The van der Waals surface area contributed by atoms with Crippen molar-refractivity contribution >= 4 is 17.7 Å². The minimum absolute atomic E-state index is 0.00272. The number of carbonyl (C=O) groups is 3. The monoisotopic (exact) mass is 472 g/mol. The van der Waals surface area contributed by atoms with Gasteiger partial charge in [-0.25, -0.2) is 4.79 Å². The number of nitrogens with two attached hydrogens (primary N) is 1. The molecule has 3 aliphatic heterocycles. The quantitative estimate of drug-likeness (QED) is 0.232. The zero-order chi connectivity index (χ0) is 24.8. The van der Waals surface area contributed by atoms with Crippen molar-refractivity contribution in [3.63, 3.8) is 0 Å². The van der Waals surface area contributed by atoms with Crippen LogP contribution in [0.15, 0.2) is 46.8 Å². The molecule has 34 heavy (non-hydrogen) atoms. The predicted molar refractivity (Wildman–Crippen MR) is 119 cm³/mol. The largest absolute Gasteiger partial charge is 0.508 e. The van der Waals surface area contributed by atoms with Gasteiger partial charge in [-0.2, -0.15) is 0 Å². The number of benzene rings is 1. The summed E-state index contributed by atoms with van der Waals surface area (Å²) >= 11 is 0. The van der Waals surface area contributed by atoms with E-state index in [1.54, 1.807) is 26.2 Å². The van der Waals surface area contributed by atoms with Crippen molar-refractivity contribution < 1.29 is 34.4 Å². The second-order valence-electron chi connectivity index (χ2n) is 8.65. The van der Waals surface area contributed by atoms with Gasteiger partial charge >= 0.3 is 6.09 Å². The van der Waals surface area contributed by atoms with Gasteiger partial charge in [-0.05, 0) is 31.0 Å². The summed E-state index contributed by atoms with van der Waals surface area (Å²) < 4.78 is 5.89. The summed E-state index contributed by atoms with van der Waals surface area (Å²) in [4.78, 5) is 37.4. The highest BCUT2D eigenvalue weighted by Gasteiger charge is 2.72. The number of aliphatic hydroxyl groups excluding tert-OH is 1. The molecule has 2 fully saturated rings. The normalized spacial score (nSPS) is 28.8. The molecule has 4 unspecified atom stereocenters. The Labute approximate surface area is 195 Å². The van der Waals surface area contributed by atoms with Gasteiger partial charge in [0.15, 0.2) is 5.72 Å². The third-order valence-corrected chi connectivity index (χ3v) is 6.87.